The minimum atomic E-state index is 0.533. The van der Waals surface area contributed by atoms with Crippen molar-refractivity contribution in [2.45, 2.75) is 38.6 Å². The van der Waals surface area contributed by atoms with E-state index in [1.807, 2.05) is 0 Å². The molecule has 1 N–H and O–H groups in total. The van der Waals surface area contributed by atoms with Gasteiger partial charge >= 0.3 is 0 Å². The molecule has 0 aromatic heterocycles. The van der Waals surface area contributed by atoms with Crippen LogP contribution in [0, 0.1) is 0 Å². The van der Waals surface area contributed by atoms with Crippen molar-refractivity contribution < 1.29 is 0 Å². The van der Waals surface area contributed by atoms with Crippen LogP contribution in [0.5, 0.6) is 0 Å². The Balaban J connectivity index is 1.77. The lowest BCUT2D eigenvalue weighted by Gasteiger charge is -2.27. The third-order valence-electron chi connectivity index (χ3n) is 4.20. The maximum atomic E-state index is 3.75. The molecule has 1 nitrogen and oxygen atoms in total. The maximum absolute atomic E-state index is 3.75. The quantitative estimate of drug-likeness (QED) is 0.682. The molecule has 0 fully saturated rings. The summed E-state index contributed by atoms with van der Waals surface area (Å²) in [7, 11) is 0. The monoisotopic (exact) mass is 407 g/mol. The largest absolute Gasteiger partial charge is 0.382 e. The normalized spacial score (nSPS) is 17.4. The summed E-state index contributed by atoms with van der Waals surface area (Å²) in [6, 6.07) is 13.7. The van der Waals surface area contributed by atoms with Crippen LogP contribution in [0.2, 0.25) is 0 Å². The van der Waals surface area contributed by atoms with Crippen molar-refractivity contribution in [2.75, 3.05) is 5.32 Å². The molecule has 21 heavy (non-hydrogen) atoms. The Labute approximate surface area is 143 Å². The van der Waals surface area contributed by atoms with Gasteiger partial charge in [-0.25, -0.2) is 0 Å². The molecule has 0 spiro atoms. The second-order valence-corrected chi connectivity index (χ2v) is 7.48. The van der Waals surface area contributed by atoms with E-state index in [1.165, 1.54) is 33.3 Å². The molecule has 1 atom stereocenters. The summed E-state index contributed by atoms with van der Waals surface area (Å²) in [4.78, 5) is 0. The van der Waals surface area contributed by atoms with E-state index in [9.17, 15) is 0 Å². The van der Waals surface area contributed by atoms with Crippen LogP contribution in [0.1, 0.15) is 30.0 Å². The number of aryl methyl sites for hydroxylation is 2. The summed E-state index contributed by atoms with van der Waals surface area (Å²) in [6.45, 7) is 2.21. The maximum Gasteiger partial charge on any atom is 0.0375 e. The molecule has 0 heterocycles. The van der Waals surface area contributed by atoms with Crippen LogP contribution in [-0.4, -0.2) is 6.04 Å². The van der Waals surface area contributed by atoms with E-state index >= 15 is 0 Å². The zero-order chi connectivity index (χ0) is 14.8. The average molecular weight is 409 g/mol. The predicted octanol–water partition coefficient (Wildman–Crippen LogP) is 5.74. The number of rotatable bonds is 3. The van der Waals surface area contributed by atoms with Crippen LogP contribution in [0.3, 0.4) is 0 Å². The molecule has 1 unspecified atom stereocenters. The van der Waals surface area contributed by atoms with Gasteiger partial charge in [0.2, 0.25) is 0 Å². The highest BCUT2D eigenvalue weighted by Gasteiger charge is 2.19. The number of nitrogens with one attached hydrogen (secondary N) is 1. The Hall–Kier alpha value is -0.800. The smallest absolute Gasteiger partial charge is 0.0375 e. The van der Waals surface area contributed by atoms with Gasteiger partial charge in [0.25, 0.3) is 0 Å². The standard InChI is InChI=1S/C18H19Br2N/c1-2-12-9-16(20)6-8-18(12)21-17-7-4-13-10-15(19)5-3-14(13)11-17/h3,5-6,8-10,17,21H,2,4,7,11H2,1H3. The molecule has 110 valence electrons. The molecule has 0 bridgehead atoms. The van der Waals surface area contributed by atoms with Gasteiger partial charge in [-0.1, -0.05) is 44.8 Å². The summed E-state index contributed by atoms with van der Waals surface area (Å²) in [5.41, 5.74) is 5.64. The average Bonchev–Trinajstić information content (AvgIpc) is 2.49. The molecular weight excluding hydrogens is 390 g/mol. The lowest BCUT2D eigenvalue weighted by Crippen LogP contribution is -2.27. The van der Waals surface area contributed by atoms with Crippen molar-refractivity contribution in [3.8, 4) is 0 Å². The van der Waals surface area contributed by atoms with E-state index in [-0.39, 0.29) is 0 Å². The molecule has 1 aliphatic rings. The molecule has 3 heteroatoms. The van der Waals surface area contributed by atoms with Gasteiger partial charge in [0, 0.05) is 20.7 Å². The van der Waals surface area contributed by atoms with E-state index < -0.39 is 0 Å². The highest BCUT2D eigenvalue weighted by Crippen LogP contribution is 2.28. The minimum Gasteiger partial charge on any atom is -0.382 e. The van der Waals surface area contributed by atoms with E-state index in [0.717, 1.165) is 23.7 Å². The molecule has 3 rings (SSSR count). The van der Waals surface area contributed by atoms with Gasteiger partial charge < -0.3 is 5.32 Å². The van der Waals surface area contributed by atoms with Crippen LogP contribution in [-0.2, 0) is 19.3 Å². The van der Waals surface area contributed by atoms with Gasteiger partial charge in [-0.15, -0.1) is 0 Å². The fourth-order valence-corrected chi connectivity index (χ4v) is 3.88. The van der Waals surface area contributed by atoms with Gasteiger partial charge in [-0.3, -0.25) is 0 Å². The number of fused-ring (bicyclic) bond motifs is 1. The van der Waals surface area contributed by atoms with E-state index in [1.54, 1.807) is 0 Å². The number of anilines is 1. The number of hydrogen-bond donors (Lipinski definition) is 1. The van der Waals surface area contributed by atoms with Gasteiger partial charge in [0.05, 0.1) is 0 Å². The van der Waals surface area contributed by atoms with Crippen LogP contribution < -0.4 is 5.32 Å². The van der Waals surface area contributed by atoms with Crippen LogP contribution >= 0.6 is 31.9 Å². The van der Waals surface area contributed by atoms with Crippen LogP contribution in [0.15, 0.2) is 45.3 Å². The molecular formula is C18H19Br2N. The summed E-state index contributed by atoms with van der Waals surface area (Å²) in [5, 5.41) is 3.75. The third kappa shape index (κ3) is 3.51. The van der Waals surface area contributed by atoms with Crippen molar-refractivity contribution in [1.82, 2.24) is 0 Å². The first-order chi connectivity index (χ1) is 10.2. The second kappa shape index (κ2) is 6.53. The Morgan fingerprint density at radius 2 is 1.81 bits per heavy atom. The lowest BCUT2D eigenvalue weighted by molar-refractivity contribution is 0.610. The van der Waals surface area contributed by atoms with Crippen LogP contribution in [0.25, 0.3) is 0 Å². The third-order valence-corrected chi connectivity index (χ3v) is 5.19. The molecule has 1 aliphatic carbocycles. The van der Waals surface area contributed by atoms with Gasteiger partial charge in [0.15, 0.2) is 0 Å². The van der Waals surface area contributed by atoms with E-state index in [2.05, 4.69) is 80.5 Å². The van der Waals surface area contributed by atoms with Crippen molar-refractivity contribution in [1.29, 1.82) is 0 Å². The fraction of sp³-hybridized carbons (Fsp3) is 0.333. The van der Waals surface area contributed by atoms with Crippen molar-refractivity contribution in [2.24, 2.45) is 0 Å². The SMILES string of the molecule is CCc1cc(Br)ccc1NC1CCc2cc(Br)ccc2C1. The fourth-order valence-electron chi connectivity index (χ4n) is 3.06. The zero-order valence-corrected chi connectivity index (χ0v) is 15.3. The molecule has 0 aliphatic heterocycles. The first-order valence-corrected chi connectivity index (χ1v) is 9.06. The summed E-state index contributed by atoms with van der Waals surface area (Å²) in [6.07, 6.45) is 4.52. The molecule has 0 amide bonds. The van der Waals surface area contributed by atoms with E-state index in [0.29, 0.717) is 6.04 Å². The Kier molecular flexibility index (Phi) is 4.70. The van der Waals surface area contributed by atoms with Crippen molar-refractivity contribution in [3.05, 3.63) is 62.0 Å². The minimum absolute atomic E-state index is 0.533. The molecule has 0 saturated carbocycles. The Bertz CT molecular complexity index is 652. The summed E-state index contributed by atoms with van der Waals surface area (Å²) >= 11 is 7.12. The highest BCUT2D eigenvalue weighted by molar-refractivity contribution is 9.10. The van der Waals surface area contributed by atoms with Gasteiger partial charge in [-0.05, 0) is 72.7 Å². The Morgan fingerprint density at radius 1 is 1.05 bits per heavy atom. The molecule has 2 aromatic rings. The zero-order valence-electron chi connectivity index (χ0n) is 12.1. The van der Waals surface area contributed by atoms with Crippen molar-refractivity contribution >= 4 is 37.5 Å². The predicted molar refractivity (Wildman–Crippen MR) is 97.1 cm³/mol. The van der Waals surface area contributed by atoms with E-state index in [4.69, 9.17) is 0 Å². The second-order valence-electron chi connectivity index (χ2n) is 5.65. The van der Waals surface area contributed by atoms with Gasteiger partial charge in [0.1, 0.15) is 0 Å². The molecule has 0 saturated heterocycles. The summed E-state index contributed by atoms with van der Waals surface area (Å²) < 4.78 is 2.34. The number of halogens is 2. The summed E-state index contributed by atoms with van der Waals surface area (Å²) in [5.74, 6) is 0. The van der Waals surface area contributed by atoms with Gasteiger partial charge in [-0.2, -0.15) is 0 Å². The first kappa shape index (κ1) is 15.1. The first-order valence-electron chi connectivity index (χ1n) is 7.48. The van der Waals surface area contributed by atoms with Crippen LogP contribution in [0.4, 0.5) is 5.69 Å². The van der Waals surface area contributed by atoms with Crippen molar-refractivity contribution in [3.63, 3.8) is 0 Å². The highest BCUT2D eigenvalue weighted by atomic mass is 79.9. The topological polar surface area (TPSA) is 12.0 Å². The molecule has 2 aromatic carbocycles. The molecule has 0 radical (unpaired) electrons. The Morgan fingerprint density at radius 3 is 2.62 bits per heavy atom. The number of hydrogen-bond acceptors (Lipinski definition) is 1. The number of benzene rings is 2. The lowest BCUT2D eigenvalue weighted by atomic mass is 9.88.